The molecule has 27 heavy (non-hydrogen) atoms. The Morgan fingerprint density at radius 2 is 1.56 bits per heavy atom. The van der Waals surface area contributed by atoms with Gasteiger partial charge in [-0.25, -0.2) is 9.59 Å². The standard InChI is InChI=1S/C23H26O4/c1-4-17-18-11-10-16(22(26)27)13-19(18)23(5-2,6-3)20(17)14-8-7-9-15(12-14)21(24)25/h7-13,17,20H,4-6H2,1-3H3,(H,24,25)(H,26,27). The Kier molecular flexibility index (Phi) is 5.09. The summed E-state index contributed by atoms with van der Waals surface area (Å²) in [5.74, 6) is -1.46. The molecule has 2 atom stereocenters. The van der Waals surface area contributed by atoms with Crippen molar-refractivity contribution < 1.29 is 19.8 Å². The smallest absolute Gasteiger partial charge is 0.335 e. The Bertz CT molecular complexity index is 880. The number of carboxylic acid groups (broad SMARTS) is 2. The molecule has 2 unspecified atom stereocenters. The second kappa shape index (κ2) is 7.18. The Labute approximate surface area is 159 Å². The van der Waals surface area contributed by atoms with E-state index in [0.29, 0.717) is 11.1 Å². The van der Waals surface area contributed by atoms with Gasteiger partial charge in [0.05, 0.1) is 11.1 Å². The normalized spacial score (nSPS) is 20.3. The van der Waals surface area contributed by atoms with Crippen LogP contribution in [0.4, 0.5) is 0 Å². The molecule has 0 bridgehead atoms. The van der Waals surface area contributed by atoms with Gasteiger partial charge in [-0.2, -0.15) is 0 Å². The highest BCUT2D eigenvalue weighted by molar-refractivity contribution is 5.88. The second-order valence-corrected chi connectivity index (χ2v) is 7.39. The lowest BCUT2D eigenvalue weighted by Crippen LogP contribution is -2.30. The van der Waals surface area contributed by atoms with Gasteiger partial charge < -0.3 is 10.2 Å². The highest BCUT2D eigenvalue weighted by atomic mass is 16.4. The number of aromatic carboxylic acids is 2. The maximum atomic E-state index is 11.5. The first-order valence-electron chi connectivity index (χ1n) is 9.60. The Morgan fingerprint density at radius 1 is 0.926 bits per heavy atom. The van der Waals surface area contributed by atoms with E-state index in [2.05, 4.69) is 20.8 Å². The van der Waals surface area contributed by atoms with E-state index in [1.807, 2.05) is 24.3 Å². The van der Waals surface area contributed by atoms with E-state index in [1.54, 1.807) is 18.2 Å². The first-order chi connectivity index (χ1) is 12.9. The number of carbonyl (C=O) groups is 2. The number of hydrogen-bond donors (Lipinski definition) is 2. The summed E-state index contributed by atoms with van der Waals surface area (Å²) in [6.07, 6.45) is 2.67. The number of rotatable bonds is 6. The molecule has 0 radical (unpaired) electrons. The van der Waals surface area contributed by atoms with E-state index in [1.165, 1.54) is 5.56 Å². The van der Waals surface area contributed by atoms with Crippen molar-refractivity contribution in [2.45, 2.75) is 57.3 Å². The van der Waals surface area contributed by atoms with Crippen LogP contribution in [0.1, 0.15) is 89.3 Å². The van der Waals surface area contributed by atoms with Crippen LogP contribution in [0.25, 0.3) is 0 Å². The van der Waals surface area contributed by atoms with Crippen LogP contribution in [0, 0.1) is 0 Å². The van der Waals surface area contributed by atoms with Crippen molar-refractivity contribution in [1.82, 2.24) is 0 Å². The molecular formula is C23H26O4. The van der Waals surface area contributed by atoms with Crippen LogP contribution in [-0.4, -0.2) is 22.2 Å². The van der Waals surface area contributed by atoms with Crippen molar-refractivity contribution in [2.75, 3.05) is 0 Å². The molecule has 4 heteroatoms. The topological polar surface area (TPSA) is 74.6 Å². The molecular weight excluding hydrogens is 340 g/mol. The summed E-state index contributed by atoms with van der Waals surface area (Å²) < 4.78 is 0. The molecule has 142 valence electrons. The molecule has 2 aromatic rings. The molecule has 0 aliphatic heterocycles. The predicted octanol–water partition coefficient (Wildman–Crippen LogP) is 5.43. The first kappa shape index (κ1) is 19.2. The van der Waals surface area contributed by atoms with Crippen molar-refractivity contribution in [3.8, 4) is 0 Å². The SMILES string of the molecule is CCC1c2ccc(C(=O)O)cc2C(CC)(CC)C1c1cccc(C(=O)O)c1. The van der Waals surface area contributed by atoms with E-state index < -0.39 is 11.9 Å². The van der Waals surface area contributed by atoms with E-state index in [-0.39, 0.29) is 17.3 Å². The summed E-state index contributed by atoms with van der Waals surface area (Å²) in [4.78, 5) is 23.0. The fourth-order valence-corrected chi connectivity index (χ4v) is 5.12. The third-order valence-electron chi connectivity index (χ3n) is 6.43. The molecule has 0 spiro atoms. The van der Waals surface area contributed by atoms with Crippen molar-refractivity contribution in [3.63, 3.8) is 0 Å². The zero-order valence-corrected chi connectivity index (χ0v) is 16.0. The van der Waals surface area contributed by atoms with Crippen LogP contribution in [0.5, 0.6) is 0 Å². The maximum Gasteiger partial charge on any atom is 0.335 e. The predicted molar refractivity (Wildman–Crippen MR) is 105 cm³/mol. The molecule has 0 saturated carbocycles. The molecule has 0 saturated heterocycles. The molecule has 3 rings (SSSR count). The first-order valence-corrected chi connectivity index (χ1v) is 9.60. The average Bonchev–Trinajstić information content (AvgIpc) is 2.97. The van der Waals surface area contributed by atoms with Crippen molar-refractivity contribution in [2.24, 2.45) is 0 Å². The summed E-state index contributed by atoms with van der Waals surface area (Å²) in [6.45, 7) is 6.44. The van der Waals surface area contributed by atoms with E-state index in [9.17, 15) is 19.8 Å². The van der Waals surface area contributed by atoms with Gasteiger partial charge >= 0.3 is 11.9 Å². The molecule has 4 nitrogen and oxygen atoms in total. The number of hydrogen-bond acceptors (Lipinski definition) is 2. The Balaban J connectivity index is 2.25. The summed E-state index contributed by atoms with van der Waals surface area (Å²) in [5, 5.41) is 18.9. The number of benzene rings is 2. The molecule has 0 heterocycles. The van der Waals surface area contributed by atoms with Gasteiger partial charge in [0.2, 0.25) is 0 Å². The van der Waals surface area contributed by atoms with Gasteiger partial charge in [0.25, 0.3) is 0 Å². The van der Waals surface area contributed by atoms with Crippen LogP contribution in [0.15, 0.2) is 42.5 Å². The summed E-state index contributed by atoms with van der Waals surface area (Å²) in [7, 11) is 0. The van der Waals surface area contributed by atoms with Gasteiger partial charge in [-0.15, -0.1) is 0 Å². The highest BCUT2D eigenvalue weighted by Crippen LogP contribution is 2.60. The van der Waals surface area contributed by atoms with Crippen LogP contribution in [0.2, 0.25) is 0 Å². The zero-order valence-electron chi connectivity index (χ0n) is 16.0. The fraction of sp³-hybridized carbons (Fsp3) is 0.391. The lowest BCUT2D eigenvalue weighted by atomic mass is 9.66. The molecule has 0 fully saturated rings. The monoisotopic (exact) mass is 366 g/mol. The van der Waals surface area contributed by atoms with Crippen LogP contribution >= 0.6 is 0 Å². The van der Waals surface area contributed by atoms with Crippen molar-refractivity contribution in [1.29, 1.82) is 0 Å². The highest BCUT2D eigenvalue weighted by Gasteiger charge is 2.50. The summed E-state index contributed by atoms with van der Waals surface area (Å²) in [6, 6.07) is 12.7. The number of fused-ring (bicyclic) bond motifs is 1. The molecule has 2 aromatic carbocycles. The molecule has 1 aliphatic carbocycles. The quantitative estimate of drug-likeness (QED) is 0.714. The van der Waals surface area contributed by atoms with Crippen molar-refractivity contribution >= 4 is 11.9 Å². The third kappa shape index (κ3) is 2.93. The van der Waals surface area contributed by atoms with Gasteiger partial charge in [-0.1, -0.05) is 39.0 Å². The van der Waals surface area contributed by atoms with Gasteiger partial charge in [-0.05, 0) is 66.1 Å². The van der Waals surface area contributed by atoms with Crippen LogP contribution < -0.4 is 0 Å². The average molecular weight is 366 g/mol. The Morgan fingerprint density at radius 3 is 2.11 bits per heavy atom. The van der Waals surface area contributed by atoms with Gasteiger partial charge in [0.1, 0.15) is 0 Å². The van der Waals surface area contributed by atoms with E-state index in [0.717, 1.165) is 30.4 Å². The van der Waals surface area contributed by atoms with Crippen LogP contribution in [0.3, 0.4) is 0 Å². The van der Waals surface area contributed by atoms with Gasteiger partial charge in [0.15, 0.2) is 0 Å². The Hall–Kier alpha value is -2.62. The van der Waals surface area contributed by atoms with Gasteiger partial charge in [-0.3, -0.25) is 0 Å². The molecule has 0 aromatic heterocycles. The lowest BCUT2D eigenvalue weighted by Gasteiger charge is -2.37. The lowest BCUT2D eigenvalue weighted by molar-refractivity contribution is 0.0685. The van der Waals surface area contributed by atoms with Crippen LogP contribution in [-0.2, 0) is 5.41 Å². The minimum absolute atomic E-state index is 0.135. The molecule has 1 aliphatic rings. The van der Waals surface area contributed by atoms with E-state index in [4.69, 9.17) is 0 Å². The zero-order chi connectivity index (χ0) is 19.8. The molecule has 2 N–H and O–H groups in total. The minimum Gasteiger partial charge on any atom is -0.478 e. The minimum atomic E-state index is -0.924. The fourth-order valence-electron chi connectivity index (χ4n) is 5.12. The third-order valence-corrected chi connectivity index (χ3v) is 6.43. The summed E-state index contributed by atoms with van der Waals surface area (Å²) in [5.41, 5.74) is 3.76. The van der Waals surface area contributed by atoms with Gasteiger partial charge in [0, 0.05) is 11.3 Å². The largest absolute Gasteiger partial charge is 0.478 e. The number of carboxylic acids is 2. The molecule has 0 amide bonds. The maximum absolute atomic E-state index is 11.5. The second-order valence-electron chi connectivity index (χ2n) is 7.39. The summed E-state index contributed by atoms with van der Waals surface area (Å²) >= 11 is 0. The van der Waals surface area contributed by atoms with Crippen molar-refractivity contribution in [3.05, 3.63) is 70.3 Å². The van der Waals surface area contributed by atoms with E-state index >= 15 is 0 Å².